The molecular formula is C27H39N3O2. The maximum atomic E-state index is 12.4. The maximum absolute atomic E-state index is 12.4. The Bertz CT molecular complexity index is 886. The standard InChI is InChI=1S/C27H39N3O2/c1-17(29-30-25(32)18-10-14-28-15-11-18)22-6-7-23-21-5-4-19-16-20(31)8-12-26(19,2)24(21)9-13-27(22,23)3/h10-11,14-15,19-24,31H,4-9,12-13,16H2,1-3H3,(H,30,32)/b29-17+/t19-,20-,21+,22-,23-,24+,26-,27+/m0/s1. The third-order valence-electron chi connectivity index (χ3n) is 10.4. The van der Waals surface area contributed by atoms with Crippen LogP contribution in [0.3, 0.4) is 0 Å². The molecule has 5 rings (SSSR count). The normalized spacial score (nSPS) is 43.7. The van der Waals surface area contributed by atoms with Gasteiger partial charge in [0.05, 0.1) is 6.10 Å². The zero-order valence-corrected chi connectivity index (χ0v) is 19.9. The Morgan fingerprint density at radius 2 is 1.75 bits per heavy atom. The highest BCUT2D eigenvalue weighted by molar-refractivity contribution is 5.95. The Kier molecular flexibility index (Phi) is 5.68. The van der Waals surface area contributed by atoms with Crippen molar-refractivity contribution in [3.05, 3.63) is 30.1 Å². The van der Waals surface area contributed by atoms with Gasteiger partial charge in [-0.05, 0) is 111 Å². The molecule has 0 bridgehead atoms. The van der Waals surface area contributed by atoms with Gasteiger partial charge in [0.2, 0.25) is 0 Å². The van der Waals surface area contributed by atoms with Crippen LogP contribution in [0.1, 0.15) is 88.9 Å². The summed E-state index contributed by atoms with van der Waals surface area (Å²) in [5.74, 6) is 3.38. The first-order valence-electron chi connectivity index (χ1n) is 12.8. The molecule has 2 N–H and O–H groups in total. The molecular weight excluding hydrogens is 398 g/mol. The molecule has 4 aliphatic carbocycles. The molecule has 5 heteroatoms. The third kappa shape index (κ3) is 3.52. The smallest absolute Gasteiger partial charge is 0.271 e. The van der Waals surface area contributed by atoms with Crippen LogP contribution in [0, 0.1) is 40.4 Å². The minimum atomic E-state index is -0.166. The van der Waals surface area contributed by atoms with Crippen LogP contribution in [0.2, 0.25) is 0 Å². The number of aliphatic hydroxyl groups excluding tert-OH is 1. The molecule has 0 radical (unpaired) electrons. The highest BCUT2D eigenvalue weighted by atomic mass is 16.3. The number of hydrazone groups is 1. The Morgan fingerprint density at radius 1 is 1.03 bits per heavy atom. The van der Waals surface area contributed by atoms with Crippen molar-refractivity contribution in [2.45, 2.75) is 84.7 Å². The molecule has 0 saturated heterocycles. The number of rotatable bonds is 3. The monoisotopic (exact) mass is 437 g/mol. The molecule has 0 aliphatic heterocycles. The number of amides is 1. The first-order chi connectivity index (χ1) is 15.3. The van der Waals surface area contributed by atoms with Crippen LogP contribution in [0.5, 0.6) is 0 Å². The van der Waals surface area contributed by atoms with Crippen molar-refractivity contribution in [2.75, 3.05) is 0 Å². The SMILES string of the molecule is C/C(=N\NC(=O)c1ccncc1)[C@@H]1CC[C@H]2[C@H]3CC[C@H]4C[C@@H](O)CC[C@]4(C)[C@@H]3CC[C@]12C. The van der Waals surface area contributed by atoms with Crippen LogP contribution in [-0.4, -0.2) is 27.8 Å². The lowest BCUT2D eigenvalue weighted by atomic mass is 9.44. The Balaban J connectivity index is 1.31. The number of aliphatic hydroxyl groups is 1. The first kappa shape index (κ1) is 22.1. The molecule has 1 heterocycles. The van der Waals surface area contributed by atoms with Gasteiger partial charge in [0.1, 0.15) is 0 Å². The van der Waals surface area contributed by atoms with Gasteiger partial charge in [0.15, 0.2) is 0 Å². The predicted octanol–water partition coefficient (Wildman–Crippen LogP) is 5.21. The fraction of sp³-hybridized carbons (Fsp3) is 0.741. The highest BCUT2D eigenvalue weighted by Crippen LogP contribution is 2.67. The summed E-state index contributed by atoms with van der Waals surface area (Å²) in [5.41, 5.74) is 5.17. The molecule has 4 aliphatic rings. The van der Waals surface area contributed by atoms with E-state index in [-0.39, 0.29) is 17.4 Å². The van der Waals surface area contributed by atoms with Crippen molar-refractivity contribution in [1.29, 1.82) is 0 Å². The number of carbonyl (C=O) groups is 1. The van der Waals surface area contributed by atoms with Gasteiger partial charge in [0, 0.05) is 29.6 Å². The van der Waals surface area contributed by atoms with Crippen LogP contribution in [0.25, 0.3) is 0 Å². The van der Waals surface area contributed by atoms with Gasteiger partial charge in [-0.15, -0.1) is 0 Å². The minimum Gasteiger partial charge on any atom is -0.393 e. The predicted molar refractivity (Wildman–Crippen MR) is 126 cm³/mol. The summed E-state index contributed by atoms with van der Waals surface area (Å²) >= 11 is 0. The molecule has 1 aromatic heterocycles. The molecule has 0 unspecified atom stereocenters. The number of pyridine rings is 1. The second kappa shape index (κ2) is 8.23. The van der Waals surface area contributed by atoms with E-state index in [0.717, 1.165) is 36.3 Å². The number of fused-ring (bicyclic) bond motifs is 5. The van der Waals surface area contributed by atoms with Crippen molar-refractivity contribution in [3.63, 3.8) is 0 Å². The lowest BCUT2D eigenvalue weighted by Gasteiger charge is -2.61. The van der Waals surface area contributed by atoms with Crippen molar-refractivity contribution in [2.24, 2.45) is 45.5 Å². The third-order valence-corrected chi connectivity index (χ3v) is 10.4. The topological polar surface area (TPSA) is 74.6 Å². The van der Waals surface area contributed by atoms with Crippen molar-refractivity contribution >= 4 is 11.6 Å². The average molecular weight is 438 g/mol. The molecule has 4 fully saturated rings. The zero-order valence-electron chi connectivity index (χ0n) is 19.9. The van der Waals surface area contributed by atoms with E-state index in [0.29, 0.717) is 22.8 Å². The summed E-state index contributed by atoms with van der Waals surface area (Å²) in [6, 6.07) is 3.44. The lowest BCUT2D eigenvalue weighted by Crippen LogP contribution is -2.54. The Hall–Kier alpha value is -1.75. The average Bonchev–Trinajstić information content (AvgIpc) is 3.15. The van der Waals surface area contributed by atoms with Crippen molar-refractivity contribution in [3.8, 4) is 0 Å². The second-order valence-electron chi connectivity index (χ2n) is 11.7. The van der Waals surface area contributed by atoms with E-state index in [9.17, 15) is 9.90 Å². The number of aromatic nitrogens is 1. The fourth-order valence-corrected chi connectivity index (χ4v) is 8.71. The van der Waals surface area contributed by atoms with Gasteiger partial charge in [-0.3, -0.25) is 9.78 Å². The molecule has 1 amide bonds. The van der Waals surface area contributed by atoms with Crippen molar-refractivity contribution < 1.29 is 9.90 Å². The van der Waals surface area contributed by atoms with Gasteiger partial charge in [0.25, 0.3) is 5.91 Å². The van der Waals surface area contributed by atoms with Crippen LogP contribution >= 0.6 is 0 Å². The summed E-state index contributed by atoms with van der Waals surface area (Å²) in [6.07, 6.45) is 14.1. The van der Waals surface area contributed by atoms with E-state index < -0.39 is 0 Å². The summed E-state index contributed by atoms with van der Waals surface area (Å²) in [7, 11) is 0. The fourth-order valence-electron chi connectivity index (χ4n) is 8.71. The number of hydrogen-bond donors (Lipinski definition) is 2. The largest absolute Gasteiger partial charge is 0.393 e. The van der Waals surface area contributed by atoms with Gasteiger partial charge < -0.3 is 5.11 Å². The highest BCUT2D eigenvalue weighted by Gasteiger charge is 2.60. The van der Waals surface area contributed by atoms with Crippen LogP contribution in [0.15, 0.2) is 29.6 Å². The first-order valence-corrected chi connectivity index (χ1v) is 12.8. The van der Waals surface area contributed by atoms with Crippen molar-refractivity contribution in [1.82, 2.24) is 10.4 Å². The van der Waals surface area contributed by atoms with E-state index in [1.165, 1.54) is 44.9 Å². The molecule has 1 aromatic rings. The molecule has 8 atom stereocenters. The zero-order chi connectivity index (χ0) is 22.5. The molecule has 32 heavy (non-hydrogen) atoms. The molecule has 4 saturated carbocycles. The molecule has 5 nitrogen and oxygen atoms in total. The van der Waals surface area contributed by atoms with Gasteiger partial charge in [-0.25, -0.2) is 5.43 Å². The van der Waals surface area contributed by atoms with Gasteiger partial charge >= 0.3 is 0 Å². The summed E-state index contributed by atoms with van der Waals surface area (Å²) in [6.45, 7) is 7.17. The van der Waals surface area contributed by atoms with Gasteiger partial charge in [-0.2, -0.15) is 5.10 Å². The van der Waals surface area contributed by atoms with E-state index in [2.05, 4.69) is 36.3 Å². The van der Waals surface area contributed by atoms with E-state index in [4.69, 9.17) is 0 Å². The van der Waals surface area contributed by atoms with E-state index in [1.54, 1.807) is 24.5 Å². The molecule has 174 valence electrons. The number of nitrogens with zero attached hydrogens (tertiary/aromatic N) is 2. The summed E-state index contributed by atoms with van der Waals surface area (Å²) in [5, 5.41) is 14.8. The molecule has 0 aromatic carbocycles. The van der Waals surface area contributed by atoms with Crippen LogP contribution in [-0.2, 0) is 0 Å². The van der Waals surface area contributed by atoms with Gasteiger partial charge in [-0.1, -0.05) is 13.8 Å². The minimum absolute atomic E-state index is 0.0736. The van der Waals surface area contributed by atoms with Crippen LogP contribution < -0.4 is 5.43 Å². The van der Waals surface area contributed by atoms with E-state index >= 15 is 0 Å². The summed E-state index contributed by atoms with van der Waals surface area (Å²) in [4.78, 5) is 16.4. The number of nitrogens with one attached hydrogen (secondary N) is 1. The lowest BCUT2D eigenvalue weighted by molar-refractivity contribution is -0.123. The number of hydrogen-bond acceptors (Lipinski definition) is 4. The molecule has 0 spiro atoms. The van der Waals surface area contributed by atoms with E-state index in [1.807, 2.05) is 0 Å². The quantitative estimate of drug-likeness (QED) is 0.504. The second-order valence-corrected chi connectivity index (χ2v) is 11.7. The Labute approximate surface area is 192 Å². The maximum Gasteiger partial charge on any atom is 0.271 e. The number of carbonyl (C=O) groups excluding carboxylic acids is 1. The van der Waals surface area contributed by atoms with Crippen LogP contribution in [0.4, 0.5) is 0 Å². The Morgan fingerprint density at radius 3 is 2.53 bits per heavy atom. The summed E-state index contributed by atoms with van der Waals surface area (Å²) < 4.78 is 0.